The summed E-state index contributed by atoms with van der Waals surface area (Å²) in [7, 11) is 0. The van der Waals surface area contributed by atoms with E-state index < -0.39 is 0 Å². The Morgan fingerprint density at radius 3 is 1.59 bits per heavy atom. The maximum atomic E-state index is 4.60. The smallest absolute Gasteiger partial charge is 0.0621 e. The number of aromatic nitrogens is 2. The van der Waals surface area contributed by atoms with Gasteiger partial charge in [0.1, 0.15) is 0 Å². The summed E-state index contributed by atoms with van der Waals surface area (Å²) in [5, 5.41) is 8.17. The molecule has 9 aromatic carbocycles. The maximum absolute atomic E-state index is 4.60. The molecule has 1 aliphatic carbocycles. The summed E-state index contributed by atoms with van der Waals surface area (Å²) in [6, 6.07) is 73.7. The van der Waals surface area contributed by atoms with Crippen LogP contribution in [0, 0.1) is 0 Å². The molecule has 3 nitrogen and oxygen atoms in total. The average molecular weight is 844 g/mol. The van der Waals surface area contributed by atoms with Crippen LogP contribution in [-0.4, -0.2) is 8.97 Å². The van der Waals surface area contributed by atoms with E-state index in [1.807, 2.05) is 6.08 Å². The standard InChI is InChI=1S/C63H45N3/c1-5-14-49-40(2)64-59-20-11-9-18-54(59)56-39-48(38-55(49)62(56)64)65(46-32-27-43(28-33-46)44-29-36-51-50-15-6-10-19-57(50)63(3,4)58(51)37-44)45-30-23-41(24-31-45)42-25-34-47(35-26-42)66-60-21-12-7-16-52(60)53-17-8-13-22-61(53)66/h5-39H,1-2H2,3-4H3/b49-14+. The van der Waals surface area contributed by atoms with Crippen molar-refractivity contribution in [3.05, 3.63) is 235 Å². The minimum atomic E-state index is -0.0629. The van der Waals surface area contributed by atoms with E-state index >= 15 is 0 Å². The van der Waals surface area contributed by atoms with Gasteiger partial charge < -0.3 is 13.9 Å². The SMILES string of the molecule is C=C/C=c1\c(=C)n2c3ccccc3c3cc(N(c4ccc(-c5ccc(-n6c7ccccc7c7ccccc76)cc5)cc4)c4ccc(-c5ccc6c(c5)C(C)(C)c5ccccc5-6)cc4)cc1c32. The molecule has 0 amide bonds. The van der Waals surface area contributed by atoms with Crippen LogP contribution >= 0.6 is 0 Å². The maximum Gasteiger partial charge on any atom is 0.0621 e. The molecule has 0 saturated heterocycles. The Morgan fingerprint density at radius 1 is 0.455 bits per heavy atom. The predicted octanol–water partition coefficient (Wildman–Crippen LogP) is 15.3. The summed E-state index contributed by atoms with van der Waals surface area (Å²) < 4.78 is 4.69. The summed E-state index contributed by atoms with van der Waals surface area (Å²) >= 11 is 0. The summed E-state index contributed by atoms with van der Waals surface area (Å²) in [5.74, 6) is 0. The van der Waals surface area contributed by atoms with Crippen molar-refractivity contribution in [2.75, 3.05) is 4.90 Å². The Kier molecular flexibility index (Phi) is 8.26. The number of benzene rings is 9. The number of rotatable bonds is 7. The van der Waals surface area contributed by atoms with Crippen LogP contribution in [0.25, 0.3) is 101 Å². The minimum Gasteiger partial charge on any atom is -0.310 e. The lowest BCUT2D eigenvalue weighted by atomic mass is 9.81. The molecule has 0 atom stereocenters. The van der Waals surface area contributed by atoms with E-state index in [-0.39, 0.29) is 5.41 Å². The third kappa shape index (κ3) is 5.50. The number of hydrogen-bond acceptors (Lipinski definition) is 1. The van der Waals surface area contributed by atoms with Gasteiger partial charge in [0.05, 0.1) is 22.1 Å². The molecule has 0 radical (unpaired) electrons. The predicted molar refractivity (Wildman–Crippen MR) is 280 cm³/mol. The van der Waals surface area contributed by atoms with Crippen LogP contribution in [0.1, 0.15) is 25.0 Å². The van der Waals surface area contributed by atoms with E-state index in [1.165, 1.54) is 77.0 Å². The van der Waals surface area contributed by atoms with Gasteiger partial charge in [0.2, 0.25) is 0 Å². The molecule has 0 saturated carbocycles. The molecule has 0 fully saturated rings. The van der Waals surface area contributed by atoms with Crippen molar-refractivity contribution in [3.8, 4) is 39.1 Å². The van der Waals surface area contributed by atoms with Crippen molar-refractivity contribution in [3.63, 3.8) is 0 Å². The van der Waals surface area contributed by atoms with Gasteiger partial charge in [-0.1, -0.05) is 167 Å². The molecule has 12 aromatic rings. The number of anilines is 3. The van der Waals surface area contributed by atoms with Crippen molar-refractivity contribution in [1.29, 1.82) is 0 Å². The van der Waals surface area contributed by atoms with Crippen molar-refractivity contribution >= 4 is 78.7 Å². The molecule has 0 spiro atoms. The fourth-order valence-electron chi connectivity index (χ4n) is 11.2. The minimum absolute atomic E-state index is 0.0629. The molecule has 3 heterocycles. The van der Waals surface area contributed by atoms with Gasteiger partial charge in [0.15, 0.2) is 0 Å². The summed E-state index contributed by atoms with van der Waals surface area (Å²) in [6.45, 7) is 13.4. The molecule has 66 heavy (non-hydrogen) atoms. The number of nitrogens with zero attached hydrogens (tertiary/aromatic N) is 3. The first-order valence-electron chi connectivity index (χ1n) is 22.8. The van der Waals surface area contributed by atoms with Gasteiger partial charge in [-0.15, -0.1) is 0 Å². The van der Waals surface area contributed by atoms with Crippen LogP contribution in [-0.2, 0) is 5.41 Å². The largest absolute Gasteiger partial charge is 0.310 e. The van der Waals surface area contributed by atoms with Gasteiger partial charge in [0.25, 0.3) is 0 Å². The highest BCUT2D eigenvalue weighted by Crippen LogP contribution is 2.50. The molecule has 0 unspecified atom stereocenters. The summed E-state index contributed by atoms with van der Waals surface area (Å²) in [6.07, 6.45) is 3.97. The molecule has 0 aliphatic heterocycles. The van der Waals surface area contributed by atoms with Crippen molar-refractivity contribution < 1.29 is 0 Å². The van der Waals surface area contributed by atoms with Gasteiger partial charge in [-0.2, -0.15) is 0 Å². The molecule has 0 bridgehead atoms. The normalized spacial score (nSPS) is 13.3. The second kappa shape index (κ2) is 14.3. The van der Waals surface area contributed by atoms with E-state index in [0.29, 0.717) is 0 Å². The molecule has 0 N–H and O–H groups in total. The van der Waals surface area contributed by atoms with Crippen LogP contribution in [0.15, 0.2) is 213 Å². The zero-order valence-electron chi connectivity index (χ0n) is 37.0. The van der Waals surface area contributed by atoms with Crippen LogP contribution in [0.3, 0.4) is 0 Å². The van der Waals surface area contributed by atoms with Crippen molar-refractivity contribution in [2.45, 2.75) is 19.3 Å². The number of allylic oxidation sites excluding steroid dienone is 1. The first-order chi connectivity index (χ1) is 32.4. The molecule has 3 heteroatoms. The van der Waals surface area contributed by atoms with Gasteiger partial charge in [-0.3, -0.25) is 0 Å². The Bertz CT molecular complexity index is 3980. The van der Waals surface area contributed by atoms with E-state index in [4.69, 9.17) is 0 Å². The first kappa shape index (κ1) is 38.1. The molecular weight excluding hydrogens is 799 g/mol. The molecule has 3 aromatic heterocycles. The summed E-state index contributed by atoms with van der Waals surface area (Å²) in [5.41, 5.74) is 19.3. The second-order valence-electron chi connectivity index (χ2n) is 18.3. The van der Waals surface area contributed by atoms with Crippen LogP contribution in [0.4, 0.5) is 17.1 Å². The van der Waals surface area contributed by atoms with E-state index in [9.17, 15) is 0 Å². The Labute approximate surface area is 383 Å². The zero-order chi connectivity index (χ0) is 44.3. The van der Waals surface area contributed by atoms with Crippen LogP contribution in [0.2, 0.25) is 0 Å². The molecule has 1 aliphatic rings. The van der Waals surface area contributed by atoms with Gasteiger partial charge in [-0.05, 0) is 117 Å². The quantitative estimate of drug-likeness (QED) is 0.156. The fraction of sp³-hybridized carbons (Fsp3) is 0.0476. The Hall–Kier alpha value is -8.40. The highest BCUT2D eigenvalue weighted by molar-refractivity contribution is 6.16. The van der Waals surface area contributed by atoms with Gasteiger partial charge >= 0.3 is 0 Å². The highest BCUT2D eigenvalue weighted by atomic mass is 15.1. The third-order valence-corrected chi connectivity index (χ3v) is 14.4. The number of para-hydroxylation sites is 3. The van der Waals surface area contributed by atoms with Crippen LogP contribution < -0.4 is 15.5 Å². The lowest BCUT2D eigenvalue weighted by molar-refractivity contribution is 0.660. The number of hydrogen-bond donors (Lipinski definition) is 0. The molecule has 312 valence electrons. The fourth-order valence-corrected chi connectivity index (χ4v) is 11.2. The topological polar surface area (TPSA) is 12.6 Å². The van der Waals surface area contributed by atoms with E-state index in [2.05, 4.69) is 247 Å². The van der Waals surface area contributed by atoms with Gasteiger partial charge in [-0.25, -0.2) is 0 Å². The number of fused-ring (bicyclic) bond motifs is 9. The second-order valence-corrected chi connectivity index (χ2v) is 18.3. The van der Waals surface area contributed by atoms with E-state index in [1.54, 1.807) is 0 Å². The summed E-state index contributed by atoms with van der Waals surface area (Å²) in [4.78, 5) is 2.40. The van der Waals surface area contributed by atoms with E-state index in [0.717, 1.165) is 49.8 Å². The third-order valence-electron chi connectivity index (χ3n) is 14.4. The lowest BCUT2D eigenvalue weighted by Gasteiger charge is -2.26. The molecule has 13 rings (SSSR count). The van der Waals surface area contributed by atoms with Crippen molar-refractivity contribution in [1.82, 2.24) is 8.97 Å². The monoisotopic (exact) mass is 843 g/mol. The Morgan fingerprint density at radius 2 is 0.955 bits per heavy atom. The Balaban J connectivity index is 0.924. The molecular formula is C63H45N3. The zero-order valence-corrected chi connectivity index (χ0v) is 37.0. The van der Waals surface area contributed by atoms with Crippen molar-refractivity contribution in [2.24, 2.45) is 0 Å². The first-order valence-corrected chi connectivity index (χ1v) is 22.8. The van der Waals surface area contributed by atoms with Crippen LogP contribution in [0.5, 0.6) is 0 Å². The lowest BCUT2D eigenvalue weighted by Crippen LogP contribution is -2.23. The highest BCUT2D eigenvalue weighted by Gasteiger charge is 2.35. The average Bonchev–Trinajstić information content (AvgIpc) is 4.04. The van der Waals surface area contributed by atoms with Gasteiger partial charge in [0, 0.05) is 65.7 Å².